The predicted molar refractivity (Wildman–Crippen MR) is 129 cm³/mol. The zero-order valence-corrected chi connectivity index (χ0v) is 20.7. The van der Waals surface area contributed by atoms with Crippen molar-refractivity contribution >= 4 is 17.3 Å². The van der Waals surface area contributed by atoms with Crippen molar-refractivity contribution in [1.29, 1.82) is 0 Å². The standard InChI is InChI=1S/C26H36FNO4S/c1-4-31-26(30)10-9-25-23(11-13-33-25)19(3)32-17-22(29)16-28-12-5-6-21(28)14-20-8-7-18(2)24(27)15-20/h7-8,11,13,15,19,21-22,29H,4-6,9-10,12,14,16-17H2,1-3H3/t19?,21-,22+/m0/s1. The van der Waals surface area contributed by atoms with E-state index in [0.717, 1.165) is 41.8 Å². The SMILES string of the molecule is CCOC(=O)CCc1sccc1C(C)OC[C@H](O)CN1CCC[C@H]1Cc1ccc(C)c(F)c1. The Labute approximate surface area is 200 Å². The van der Waals surface area contributed by atoms with Gasteiger partial charge in [0.15, 0.2) is 0 Å². The van der Waals surface area contributed by atoms with Crippen LogP contribution in [-0.2, 0) is 27.1 Å². The molecule has 1 aliphatic rings. The van der Waals surface area contributed by atoms with Crippen LogP contribution in [0.2, 0.25) is 0 Å². The molecule has 0 saturated carbocycles. The predicted octanol–water partition coefficient (Wildman–Crippen LogP) is 4.84. The minimum atomic E-state index is -0.593. The molecule has 1 fully saturated rings. The first-order chi connectivity index (χ1) is 15.9. The molecule has 1 N–H and O–H groups in total. The molecular formula is C26H36FNO4S. The zero-order valence-electron chi connectivity index (χ0n) is 19.9. The van der Waals surface area contributed by atoms with E-state index in [2.05, 4.69) is 4.90 Å². The number of carbonyl (C=O) groups excluding carboxylic acids is 1. The van der Waals surface area contributed by atoms with E-state index in [1.165, 1.54) is 0 Å². The molecule has 1 aromatic carbocycles. The van der Waals surface area contributed by atoms with Crippen LogP contribution in [0, 0.1) is 12.7 Å². The lowest BCUT2D eigenvalue weighted by atomic mass is 10.0. The highest BCUT2D eigenvalue weighted by Gasteiger charge is 2.27. The molecule has 33 heavy (non-hydrogen) atoms. The van der Waals surface area contributed by atoms with E-state index in [1.807, 2.05) is 37.4 Å². The highest BCUT2D eigenvalue weighted by Crippen LogP contribution is 2.28. The first kappa shape index (κ1) is 25.8. The number of β-amino-alcohol motifs (C(OH)–C–C–N with tert-alkyl or cyclic N) is 1. The van der Waals surface area contributed by atoms with E-state index in [1.54, 1.807) is 24.3 Å². The molecule has 2 aromatic rings. The second-order valence-corrected chi connectivity index (χ2v) is 9.81. The molecule has 7 heteroatoms. The number of hydrogen-bond donors (Lipinski definition) is 1. The van der Waals surface area contributed by atoms with Crippen molar-refractivity contribution in [3.05, 3.63) is 57.0 Å². The number of rotatable bonds is 12. The molecule has 0 radical (unpaired) electrons. The number of ether oxygens (including phenoxy) is 2. The van der Waals surface area contributed by atoms with Crippen LogP contribution in [0.4, 0.5) is 4.39 Å². The Bertz CT molecular complexity index is 902. The van der Waals surface area contributed by atoms with Crippen LogP contribution in [0.5, 0.6) is 0 Å². The van der Waals surface area contributed by atoms with Gasteiger partial charge < -0.3 is 14.6 Å². The third-order valence-electron chi connectivity index (χ3n) is 6.27. The second kappa shape index (κ2) is 12.6. The summed E-state index contributed by atoms with van der Waals surface area (Å²) in [5.74, 6) is -0.344. The molecule has 2 heterocycles. The van der Waals surface area contributed by atoms with E-state index in [0.29, 0.717) is 37.6 Å². The summed E-state index contributed by atoms with van der Waals surface area (Å²) in [6, 6.07) is 7.80. The third-order valence-corrected chi connectivity index (χ3v) is 7.27. The number of likely N-dealkylation sites (tertiary alicyclic amines) is 1. The first-order valence-corrected chi connectivity index (χ1v) is 12.8. The lowest BCUT2D eigenvalue weighted by molar-refractivity contribution is -0.143. The van der Waals surface area contributed by atoms with Crippen molar-refractivity contribution in [3.63, 3.8) is 0 Å². The van der Waals surface area contributed by atoms with E-state index in [9.17, 15) is 14.3 Å². The Morgan fingerprint density at radius 1 is 1.36 bits per heavy atom. The average Bonchev–Trinajstić information content (AvgIpc) is 3.43. The first-order valence-electron chi connectivity index (χ1n) is 11.9. The molecular weight excluding hydrogens is 441 g/mol. The minimum absolute atomic E-state index is 0.158. The molecule has 3 atom stereocenters. The lowest BCUT2D eigenvalue weighted by Gasteiger charge is -2.27. The van der Waals surface area contributed by atoms with Gasteiger partial charge in [-0.3, -0.25) is 9.69 Å². The maximum atomic E-state index is 13.9. The fourth-order valence-corrected chi connectivity index (χ4v) is 5.40. The number of carbonyl (C=O) groups is 1. The highest BCUT2D eigenvalue weighted by atomic mass is 32.1. The summed E-state index contributed by atoms with van der Waals surface area (Å²) in [5, 5.41) is 12.6. The van der Waals surface area contributed by atoms with Crippen LogP contribution in [0.1, 0.15) is 60.8 Å². The lowest BCUT2D eigenvalue weighted by Crippen LogP contribution is -2.39. The van der Waals surface area contributed by atoms with Gasteiger partial charge in [-0.2, -0.15) is 0 Å². The fraction of sp³-hybridized carbons (Fsp3) is 0.577. The summed E-state index contributed by atoms with van der Waals surface area (Å²) in [4.78, 5) is 15.1. The molecule has 5 nitrogen and oxygen atoms in total. The van der Waals surface area contributed by atoms with E-state index in [4.69, 9.17) is 9.47 Å². The normalized spacial score (nSPS) is 18.4. The van der Waals surface area contributed by atoms with Crippen LogP contribution in [0.25, 0.3) is 0 Å². The smallest absolute Gasteiger partial charge is 0.306 e. The van der Waals surface area contributed by atoms with E-state index < -0.39 is 6.10 Å². The van der Waals surface area contributed by atoms with Crippen molar-refractivity contribution < 1.29 is 23.8 Å². The van der Waals surface area contributed by atoms with Crippen LogP contribution < -0.4 is 0 Å². The highest BCUT2D eigenvalue weighted by molar-refractivity contribution is 7.10. The number of hydrogen-bond acceptors (Lipinski definition) is 6. The molecule has 1 aliphatic heterocycles. The Hall–Kier alpha value is -1.80. The second-order valence-electron chi connectivity index (χ2n) is 8.81. The number of aliphatic hydroxyl groups excluding tert-OH is 1. The summed E-state index contributed by atoms with van der Waals surface area (Å²) in [7, 11) is 0. The summed E-state index contributed by atoms with van der Waals surface area (Å²) >= 11 is 1.62. The Morgan fingerprint density at radius 3 is 2.94 bits per heavy atom. The number of benzene rings is 1. The molecule has 0 bridgehead atoms. The number of thiophene rings is 1. The largest absolute Gasteiger partial charge is 0.466 e. The van der Waals surface area contributed by atoms with Crippen LogP contribution in [0.3, 0.4) is 0 Å². The van der Waals surface area contributed by atoms with Crippen molar-refractivity contribution in [2.45, 2.75) is 71.1 Å². The fourth-order valence-electron chi connectivity index (χ4n) is 4.44. The van der Waals surface area contributed by atoms with Crippen molar-refractivity contribution in [2.24, 2.45) is 0 Å². The maximum absolute atomic E-state index is 13.9. The topological polar surface area (TPSA) is 59.0 Å². The summed E-state index contributed by atoms with van der Waals surface area (Å²) in [6.07, 6.45) is 3.17. The van der Waals surface area contributed by atoms with Crippen LogP contribution in [0.15, 0.2) is 29.6 Å². The minimum Gasteiger partial charge on any atom is -0.466 e. The van der Waals surface area contributed by atoms with Gasteiger partial charge in [-0.15, -0.1) is 11.3 Å². The Balaban J connectivity index is 1.46. The molecule has 1 saturated heterocycles. The summed E-state index contributed by atoms with van der Waals surface area (Å²) in [5.41, 5.74) is 2.73. The number of aliphatic hydroxyl groups is 1. The van der Waals surface area contributed by atoms with Gasteiger partial charge >= 0.3 is 5.97 Å². The zero-order chi connectivity index (χ0) is 23.8. The van der Waals surface area contributed by atoms with E-state index >= 15 is 0 Å². The number of aryl methyl sites for hydroxylation is 2. The summed E-state index contributed by atoms with van der Waals surface area (Å²) < 4.78 is 24.9. The maximum Gasteiger partial charge on any atom is 0.306 e. The van der Waals surface area contributed by atoms with Crippen LogP contribution >= 0.6 is 11.3 Å². The number of halogens is 1. The van der Waals surface area contributed by atoms with Gasteiger partial charge in [-0.1, -0.05) is 12.1 Å². The molecule has 182 valence electrons. The van der Waals surface area contributed by atoms with Gasteiger partial charge in [0.2, 0.25) is 0 Å². The Kier molecular flexibility index (Phi) is 9.86. The van der Waals surface area contributed by atoms with Gasteiger partial charge in [0.1, 0.15) is 5.82 Å². The van der Waals surface area contributed by atoms with Gasteiger partial charge in [0.05, 0.1) is 31.8 Å². The van der Waals surface area contributed by atoms with Gasteiger partial charge in [-0.05, 0) is 87.2 Å². The average molecular weight is 478 g/mol. The Morgan fingerprint density at radius 2 is 2.18 bits per heavy atom. The monoisotopic (exact) mass is 477 g/mol. The quantitative estimate of drug-likeness (QED) is 0.444. The molecule has 3 rings (SSSR count). The summed E-state index contributed by atoms with van der Waals surface area (Å²) in [6.45, 7) is 7.69. The third kappa shape index (κ3) is 7.60. The molecule has 0 amide bonds. The molecule has 1 unspecified atom stereocenters. The van der Waals surface area contributed by atoms with Crippen molar-refractivity contribution in [3.8, 4) is 0 Å². The van der Waals surface area contributed by atoms with E-state index in [-0.39, 0.29) is 24.5 Å². The van der Waals surface area contributed by atoms with Gasteiger partial charge in [-0.25, -0.2) is 4.39 Å². The van der Waals surface area contributed by atoms with Gasteiger partial charge in [0, 0.05) is 17.5 Å². The van der Waals surface area contributed by atoms with Gasteiger partial charge in [0.25, 0.3) is 0 Å². The van der Waals surface area contributed by atoms with Crippen molar-refractivity contribution in [1.82, 2.24) is 4.90 Å². The van der Waals surface area contributed by atoms with Crippen LogP contribution in [-0.4, -0.2) is 54.4 Å². The number of esters is 1. The molecule has 0 aliphatic carbocycles. The number of nitrogens with zero attached hydrogens (tertiary/aromatic N) is 1. The molecule has 1 aromatic heterocycles. The molecule has 0 spiro atoms. The van der Waals surface area contributed by atoms with Crippen molar-refractivity contribution in [2.75, 3.05) is 26.3 Å².